The van der Waals surface area contributed by atoms with Crippen molar-refractivity contribution in [1.82, 2.24) is 4.90 Å². The number of carbonyl (C=O) groups is 1. The number of carbonyl (C=O) groups excluding carboxylic acids is 1. The standard InChI is InChI=1S/C14H25NO3/c1-11(16)7-8-12-6-5-9-15(10-12)13(17)18-14(2,3)4/h6,11,16H,5,7-10H2,1-4H3. The van der Waals surface area contributed by atoms with Crippen molar-refractivity contribution in [3.8, 4) is 0 Å². The van der Waals surface area contributed by atoms with E-state index in [0.29, 0.717) is 13.1 Å². The third-order valence-electron chi connectivity index (χ3n) is 2.76. The van der Waals surface area contributed by atoms with E-state index >= 15 is 0 Å². The van der Waals surface area contributed by atoms with Crippen LogP contribution in [-0.4, -0.2) is 40.9 Å². The Hall–Kier alpha value is -1.03. The lowest BCUT2D eigenvalue weighted by Crippen LogP contribution is -2.40. The Balaban J connectivity index is 2.46. The molecule has 0 aromatic rings. The Morgan fingerprint density at radius 2 is 2.22 bits per heavy atom. The molecule has 104 valence electrons. The fourth-order valence-corrected chi connectivity index (χ4v) is 1.87. The lowest BCUT2D eigenvalue weighted by molar-refractivity contribution is 0.0260. The number of aliphatic hydroxyl groups is 1. The molecule has 4 heteroatoms. The van der Waals surface area contributed by atoms with E-state index in [4.69, 9.17) is 4.74 Å². The molecular weight excluding hydrogens is 230 g/mol. The van der Waals surface area contributed by atoms with Crippen molar-refractivity contribution in [1.29, 1.82) is 0 Å². The van der Waals surface area contributed by atoms with Crippen LogP contribution in [0.1, 0.15) is 47.0 Å². The van der Waals surface area contributed by atoms with Crippen LogP contribution in [-0.2, 0) is 4.74 Å². The monoisotopic (exact) mass is 255 g/mol. The molecule has 0 aliphatic carbocycles. The zero-order valence-electron chi connectivity index (χ0n) is 11.9. The Labute approximate surface area is 110 Å². The molecule has 1 N–H and O–H groups in total. The van der Waals surface area contributed by atoms with Crippen LogP contribution >= 0.6 is 0 Å². The highest BCUT2D eigenvalue weighted by atomic mass is 16.6. The predicted octanol–water partition coefficient (Wildman–Crippen LogP) is 2.71. The maximum Gasteiger partial charge on any atom is 0.410 e. The first-order valence-electron chi connectivity index (χ1n) is 6.62. The first-order chi connectivity index (χ1) is 8.28. The highest BCUT2D eigenvalue weighted by Gasteiger charge is 2.24. The summed E-state index contributed by atoms with van der Waals surface area (Å²) in [5.41, 5.74) is 0.769. The van der Waals surface area contributed by atoms with Crippen molar-refractivity contribution in [2.45, 2.75) is 58.7 Å². The first kappa shape index (κ1) is 15.0. The topological polar surface area (TPSA) is 49.8 Å². The molecular formula is C14H25NO3. The van der Waals surface area contributed by atoms with Gasteiger partial charge in [0.2, 0.25) is 0 Å². The van der Waals surface area contributed by atoms with E-state index in [0.717, 1.165) is 19.3 Å². The Kier molecular flexibility index (Phi) is 5.20. The molecule has 0 aromatic heterocycles. The number of amides is 1. The summed E-state index contributed by atoms with van der Waals surface area (Å²) in [4.78, 5) is 13.7. The molecule has 0 saturated heterocycles. The quantitative estimate of drug-likeness (QED) is 0.789. The molecule has 0 spiro atoms. The van der Waals surface area contributed by atoms with E-state index in [1.807, 2.05) is 20.8 Å². The molecule has 1 aliphatic rings. The normalized spacial score (nSPS) is 18.3. The van der Waals surface area contributed by atoms with Crippen molar-refractivity contribution in [2.24, 2.45) is 0 Å². The summed E-state index contributed by atoms with van der Waals surface area (Å²) >= 11 is 0. The summed E-state index contributed by atoms with van der Waals surface area (Å²) in [6.07, 6.45) is 4.09. The highest BCUT2D eigenvalue weighted by Crippen LogP contribution is 2.18. The predicted molar refractivity (Wildman–Crippen MR) is 71.4 cm³/mol. The second kappa shape index (κ2) is 6.23. The highest BCUT2D eigenvalue weighted by molar-refractivity contribution is 5.68. The van der Waals surface area contributed by atoms with Crippen LogP contribution in [0, 0.1) is 0 Å². The SMILES string of the molecule is CC(O)CCC1=CCCN(C(=O)OC(C)(C)C)C1. The van der Waals surface area contributed by atoms with Gasteiger partial charge in [-0.15, -0.1) is 0 Å². The molecule has 1 rings (SSSR count). The van der Waals surface area contributed by atoms with E-state index in [-0.39, 0.29) is 12.2 Å². The van der Waals surface area contributed by atoms with Gasteiger partial charge in [0.1, 0.15) is 5.60 Å². The molecule has 0 aromatic carbocycles. The van der Waals surface area contributed by atoms with Gasteiger partial charge in [-0.1, -0.05) is 11.6 Å². The van der Waals surface area contributed by atoms with Gasteiger partial charge >= 0.3 is 6.09 Å². The number of aliphatic hydroxyl groups excluding tert-OH is 1. The molecule has 4 nitrogen and oxygen atoms in total. The van der Waals surface area contributed by atoms with Gasteiger partial charge in [0.25, 0.3) is 0 Å². The molecule has 1 atom stereocenters. The van der Waals surface area contributed by atoms with Crippen LogP contribution in [0.2, 0.25) is 0 Å². The van der Waals surface area contributed by atoms with Crippen molar-refractivity contribution in [3.63, 3.8) is 0 Å². The molecule has 0 fully saturated rings. The van der Waals surface area contributed by atoms with Gasteiger partial charge in [-0.05, 0) is 47.0 Å². The van der Waals surface area contributed by atoms with Gasteiger partial charge in [-0.25, -0.2) is 4.79 Å². The van der Waals surface area contributed by atoms with Gasteiger partial charge in [0, 0.05) is 13.1 Å². The van der Waals surface area contributed by atoms with E-state index < -0.39 is 5.60 Å². The summed E-state index contributed by atoms with van der Waals surface area (Å²) in [6, 6.07) is 0. The maximum absolute atomic E-state index is 11.9. The van der Waals surface area contributed by atoms with Crippen LogP contribution in [0.3, 0.4) is 0 Å². The molecule has 1 unspecified atom stereocenters. The molecule has 1 aliphatic heterocycles. The Morgan fingerprint density at radius 1 is 1.56 bits per heavy atom. The molecule has 0 bridgehead atoms. The Bertz CT molecular complexity index is 315. The van der Waals surface area contributed by atoms with Crippen molar-refractivity contribution in [3.05, 3.63) is 11.6 Å². The second-order valence-electron chi connectivity index (χ2n) is 5.94. The van der Waals surface area contributed by atoms with Gasteiger partial charge < -0.3 is 14.7 Å². The maximum atomic E-state index is 11.9. The van der Waals surface area contributed by atoms with Gasteiger partial charge in [0.05, 0.1) is 6.10 Å². The minimum absolute atomic E-state index is 0.245. The number of nitrogens with zero attached hydrogens (tertiary/aromatic N) is 1. The van der Waals surface area contributed by atoms with E-state index in [1.54, 1.807) is 11.8 Å². The minimum Gasteiger partial charge on any atom is -0.444 e. The fraction of sp³-hybridized carbons (Fsp3) is 0.786. The molecule has 1 amide bonds. The van der Waals surface area contributed by atoms with Crippen molar-refractivity contribution >= 4 is 6.09 Å². The molecule has 0 radical (unpaired) electrons. The summed E-state index contributed by atoms with van der Waals surface area (Å²) in [7, 11) is 0. The van der Waals surface area contributed by atoms with Crippen LogP contribution in [0.15, 0.2) is 11.6 Å². The molecule has 1 heterocycles. The lowest BCUT2D eigenvalue weighted by atomic mass is 10.0. The third-order valence-corrected chi connectivity index (χ3v) is 2.76. The molecule has 18 heavy (non-hydrogen) atoms. The van der Waals surface area contributed by atoms with Crippen LogP contribution in [0.5, 0.6) is 0 Å². The van der Waals surface area contributed by atoms with Crippen LogP contribution < -0.4 is 0 Å². The average Bonchev–Trinajstić information content (AvgIpc) is 2.24. The number of hydrogen-bond acceptors (Lipinski definition) is 3. The van der Waals surface area contributed by atoms with E-state index in [2.05, 4.69) is 6.08 Å². The van der Waals surface area contributed by atoms with Crippen molar-refractivity contribution < 1.29 is 14.6 Å². The van der Waals surface area contributed by atoms with Crippen molar-refractivity contribution in [2.75, 3.05) is 13.1 Å². The molecule has 0 saturated carbocycles. The first-order valence-corrected chi connectivity index (χ1v) is 6.62. The summed E-state index contributed by atoms with van der Waals surface area (Å²) < 4.78 is 5.36. The summed E-state index contributed by atoms with van der Waals surface area (Å²) in [5.74, 6) is 0. The van der Waals surface area contributed by atoms with E-state index in [1.165, 1.54) is 5.57 Å². The minimum atomic E-state index is -0.446. The van der Waals surface area contributed by atoms with Gasteiger partial charge in [-0.3, -0.25) is 0 Å². The largest absolute Gasteiger partial charge is 0.444 e. The number of ether oxygens (including phenoxy) is 1. The average molecular weight is 255 g/mol. The summed E-state index contributed by atoms with van der Waals surface area (Å²) in [5, 5.41) is 9.28. The zero-order valence-corrected chi connectivity index (χ0v) is 11.9. The zero-order chi connectivity index (χ0) is 13.8. The van der Waals surface area contributed by atoms with Gasteiger partial charge in [0.15, 0.2) is 0 Å². The summed E-state index contributed by atoms with van der Waals surface area (Å²) in [6.45, 7) is 8.75. The van der Waals surface area contributed by atoms with Gasteiger partial charge in [-0.2, -0.15) is 0 Å². The number of hydrogen-bond donors (Lipinski definition) is 1. The lowest BCUT2D eigenvalue weighted by Gasteiger charge is -2.30. The van der Waals surface area contributed by atoms with Crippen LogP contribution in [0.25, 0.3) is 0 Å². The van der Waals surface area contributed by atoms with Crippen LogP contribution in [0.4, 0.5) is 4.79 Å². The third kappa shape index (κ3) is 5.54. The fourth-order valence-electron chi connectivity index (χ4n) is 1.87. The van der Waals surface area contributed by atoms with E-state index in [9.17, 15) is 9.90 Å². The smallest absolute Gasteiger partial charge is 0.410 e. The second-order valence-corrected chi connectivity index (χ2v) is 5.94. The Morgan fingerprint density at radius 3 is 2.78 bits per heavy atom. The number of rotatable bonds is 3.